The minimum absolute atomic E-state index is 0.0309. The van der Waals surface area contributed by atoms with Gasteiger partial charge in [-0.15, -0.1) is 0 Å². The first-order valence-electron chi connectivity index (χ1n) is 10.4. The van der Waals surface area contributed by atoms with Crippen LogP contribution >= 0.6 is 11.6 Å². The molecule has 0 aromatic heterocycles. The van der Waals surface area contributed by atoms with E-state index >= 15 is 0 Å². The number of halogens is 1. The number of benzene rings is 2. The molecule has 2 aromatic rings. The van der Waals surface area contributed by atoms with Crippen LogP contribution in [0, 0.1) is 5.92 Å². The summed E-state index contributed by atoms with van der Waals surface area (Å²) in [6.07, 6.45) is 1.21. The van der Waals surface area contributed by atoms with Gasteiger partial charge in [-0.1, -0.05) is 11.6 Å². The number of amides is 3. The lowest BCUT2D eigenvalue weighted by Crippen LogP contribution is -2.42. The number of hydrogen-bond donors (Lipinski definition) is 3. The molecule has 0 spiro atoms. The van der Waals surface area contributed by atoms with E-state index in [9.17, 15) is 22.8 Å². The lowest BCUT2D eigenvalue weighted by Gasteiger charge is -2.31. The molecule has 1 fully saturated rings. The van der Waals surface area contributed by atoms with Crippen LogP contribution in [-0.2, 0) is 19.6 Å². The fourth-order valence-electron chi connectivity index (χ4n) is 3.51. The SMILES string of the molecule is NS(=O)(=O)c1ccc(NC(=O)C2CCN(C(=O)CCNC(=O)c3ccc(Cl)cc3)CC2)cc1. The summed E-state index contributed by atoms with van der Waals surface area (Å²) < 4.78 is 22.6. The molecule has 33 heavy (non-hydrogen) atoms. The number of carbonyl (C=O) groups excluding carboxylic acids is 3. The second kappa shape index (κ2) is 10.8. The number of nitrogens with zero attached hydrogens (tertiary/aromatic N) is 1. The molecular formula is C22H25ClN4O5S. The first-order chi connectivity index (χ1) is 15.6. The van der Waals surface area contributed by atoms with E-state index in [4.69, 9.17) is 16.7 Å². The molecule has 0 radical (unpaired) electrons. The van der Waals surface area contributed by atoms with Crippen molar-refractivity contribution >= 4 is 45.0 Å². The average Bonchev–Trinajstić information content (AvgIpc) is 2.79. The Morgan fingerprint density at radius 3 is 2.18 bits per heavy atom. The van der Waals surface area contributed by atoms with E-state index in [1.165, 1.54) is 24.3 Å². The highest BCUT2D eigenvalue weighted by Crippen LogP contribution is 2.21. The Bertz CT molecular complexity index is 1110. The maximum atomic E-state index is 12.5. The summed E-state index contributed by atoms with van der Waals surface area (Å²) in [4.78, 5) is 38.7. The first kappa shape index (κ1) is 24.7. The Hall–Kier alpha value is -2.95. The first-order valence-corrected chi connectivity index (χ1v) is 12.3. The van der Waals surface area contributed by atoms with Gasteiger partial charge in [0.15, 0.2) is 0 Å². The average molecular weight is 493 g/mol. The monoisotopic (exact) mass is 492 g/mol. The highest BCUT2D eigenvalue weighted by molar-refractivity contribution is 7.89. The summed E-state index contributed by atoms with van der Waals surface area (Å²) in [6.45, 7) is 1.12. The van der Waals surface area contributed by atoms with Crippen molar-refractivity contribution in [2.75, 3.05) is 25.0 Å². The summed E-state index contributed by atoms with van der Waals surface area (Å²) in [6, 6.07) is 12.1. The van der Waals surface area contributed by atoms with E-state index in [1.54, 1.807) is 29.2 Å². The normalized spacial score (nSPS) is 14.5. The zero-order valence-corrected chi connectivity index (χ0v) is 19.4. The van der Waals surface area contributed by atoms with Crippen molar-refractivity contribution in [3.8, 4) is 0 Å². The predicted molar refractivity (Wildman–Crippen MR) is 124 cm³/mol. The van der Waals surface area contributed by atoms with Crippen LogP contribution in [0.25, 0.3) is 0 Å². The van der Waals surface area contributed by atoms with Gasteiger partial charge in [-0.25, -0.2) is 13.6 Å². The molecule has 0 unspecified atom stereocenters. The van der Waals surface area contributed by atoms with Crippen molar-refractivity contribution in [1.29, 1.82) is 0 Å². The maximum absolute atomic E-state index is 12.5. The molecule has 1 aliphatic rings. The highest BCUT2D eigenvalue weighted by atomic mass is 35.5. The lowest BCUT2D eigenvalue weighted by atomic mass is 9.95. The largest absolute Gasteiger partial charge is 0.352 e. The Balaban J connectivity index is 1.40. The van der Waals surface area contributed by atoms with Gasteiger partial charge in [-0.3, -0.25) is 14.4 Å². The van der Waals surface area contributed by atoms with Gasteiger partial charge in [0, 0.05) is 48.2 Å². The standard InChI is InChI=1S/C22H25ClN4O5S/c23-17-3-1-15(2-4-17)21(29)25-12-9-20(28)27-13-10-16(11-14-27)22(30)26-18-5-7-19(8-6-18)33(24,31)32/h1-8,16H,9-14H2,(H,25,29)(H,26,30)(H2,24,31,32). The van der Waals surface area contributed by atoms with E-state index in [-0.39, 0.29) is 41.5 Å². The number of nitrogens with one attached hydrogen (secondary N) is 2. The van der Waals surface area contributed by atoms with Crippen molar-refractivity contribution in [1.82, 2.24) is 10.2 Å². The fourth-order valence-corrected chi connectivity index (χ4v) is 4.15. The van der Waals surface area contributed by atoms with Gasteiger partial charge in [0.05, 0.1) is 4.90 Å². The molecule has 1 aliphatic heterocycles. The fraction of sp³-hybridized carbons (Fsp3) is 0.318. The molecule has 1 saturated heterocycles. The van der Waals surface area contributed by atoms with Crippen LogP contribution in [-0.4, -0.2) is 50.7 Å². The zero-order chi connectivity index (χ0) is 24.0. The molecule has 0 aliphatic carbocycles. The van der Waals surface area contributed by atoms with Crippen LogP contribution in [0.1, 0.15) is 29.6 Å². The van der Waals surface area contributed by atoms with Crippen LogP contribution < -0.4 is 15.8 Å². The number of hydrogen-bond acceptors (Lipinski definition) is 5. The Labute approximate surface area is 197 Å². The number of anilines is 1. The van der Waals surface area contributed by atoms with Crippen molar-refractivity contribution < 1.29 is 22.8 Å². The minimum Gasteiger partial charge on any atom is -0.352 e. The van der Waals surface area contributed by atoms with E-state index < -0.39 is 10.0 Å². The number of primary sulfonamides is 1. The summed E-state index contributed by atoms with van der Waals surface area (Å²) in [5.41, 5.74) is 0.945. The molecule has 11 heteroatoms. The third kappa shape index (κ3) is 7.01. The molecule has 0 bridgehead atoms. The van der Waals surface area contributed by atoms with Gasteiger partial charge in [-0.05, 0) is 61.4 Å². The number of sulfonamides is 1. The van der Waals surface area contributed by atoms with E-state index in [2.05, 4.69) is 10.6 Å². The second-order valence-electron chi connectivity index (χ2n) is 7.73. The zero-order valence-electron chi connectivity index (χ0n) is 17.8. The summed E-state index contributed by atoms with van der Waals surface area (Å²) in [5.74, 6) is -0.784. The van der Waals surface area contributed by atoms with Gasteiger partial charge in [0.2, 0.25) is 21.8 Å². The second-order valence-corrected chi connectivity index (χ2v) is 9.72. The van der Waals surface area contributed by atoms with Gasteiger partial charge >= 0.3 is 0 Å². The third-order valence-electron chi connectivity index (χ3n) is 5.40. The number of rotatable bonds is 7. The van der Waals surface area contributed by atoms with Crippen LogP contribution in [0.5, 0.6) is 0 Å². The molecule has 9 nitrogen and oxygen atoms in total. The van der Waals surface area contributed by atoms with Gasteiger partial charge in [0.25, 0.3) is 5.91 Å². The molecule has 3 rings (SSSR count). The topological polar surface area (TPSA) is 139 Å². The number of nitrogens with two attached hydrogens (primary N) is 1. The minimum atomic E-state index is -3.79. The van der Waals surface area contributed by atoms with Crippen LogP contribution in [0.3, 0.4) is 0 Å². The highest BCUT2D eigenvalue weighted by Gasteiger charge is 2.27. The molecule has 4 N–H and O–H groups in total. The van der Waals surface area contributed by atoms with Crippen molar-refractivity contribution in [3.63, 3.8) is 0 Å². The molecule has 0 saturated carbocycles. The summed E-state index contributed by atoms with van der Waals surface area (Å²) >= 11 is 5.81. The number of likely N-dealkylation sites (tertiary alicyclic amines) is 1. The van der Waals surface area contributed by atoms with Crippen LogP contribution in [0.2, 0.25) is 5.02 Å². The molecule has 2 aromatic carbocycles. The summed E-state index contributed by atoms with van der Waals surface area (Å²) in [5, 5.41) is 11.1. The van der Waals surface area contributed by atoms with E-state index in [0.29, 0.717) is 42.2 Å². The van der Waals surface area contributed by atoms with Gasteiger partial charge in [0.1, 0.15) is 0 Å². The van der Waals surface area contributed by atoms with Gasteiger partial charge < -0.3 is 15.5 Å². The number of carbonyl (C=O) groups is 3. The lowest BCUT2D eigenvalue weighted by molar-refractivity contribution is -0.134. The van der Waals surface area contributed by atoms with E-state index in [0.717, 1.165) is 0 Å². The van der Waals surface area contributed by atoms with Gasteiger partial charge in [-0.2, -0.15) is 0 Å². The van der Waals surface area contributed by atoms with Crippen LogP contribution in [0.4, 0.5) is 5.69 Å². The van der Waals surface area contributed by atoms with Crippen molar-refractivity contribution in [3.05, 3.63) is 59.1 Å². The predicted octanol–water partition coefficient (Wildman–Crippen LogP) is 1.98. The van der Waals surface area contributed by atoms with E-state index in [1.807, 2.05) is 0 Å². The molecule has 1 heterocycles. The Kier molecular flexibility index (Phi) is 8.06. The molecule has 0 atom stereocenters. The third-order valence-corrected chi connectivity index (χ3v) is 6.58. The molecule has 3 amide bonds. The quantitative estimate of drug-likeness (QED) is 0.542. The Morgan fingerprint density at radius 1 is 1.00 bits per heavy atom. The Morgan fingerprint density at radius 2 is 1.61 bits per heavy atom. The summed E-state index contributed by atoms with van der Waals surface area (Å²) in [7, 11) is -3.79. The van der Waals surface area contributed by atoms with Crippen LogP contribution in [0.15, 0.2) is 53.4 Å². The molecular weight excluding hydrogens is 468 g/mol. The van der Waals surface area contributed by atoms with Crippen molar-refractivity contribution in [2.45, 2.75) is 24.2 Å². The smallest absolute Gasteiger partial charge is 0.251 e. The maximum Gasteiger partial charge on any atom is 0.251 e. The number of piperidine rings is 1. The van der Waals surface area contributed by atoms with Crippen molar-refractivity contribution in [2.24, 2.45) is 11.1 Å². The molecule has 176 valence electrons.